The number of carbonyl (C=O) groups is 2. The Bertz CT molecular complexity index is 365. The molecule has 1 atom stereocenters. The van der Waals surface area contributed by atoms with Gasteiger partial charge < -0.3 is 15.7 Å². The number of carboxylic acid groups (broad SMARTS) is 1. The van der Waals surface area contributed by atoms with Crippen molar-refractivity contribution in [2.24, 2.45) is 5.92 Å². The van der Waals surface area contributed by atoms with E-state index in [-0.39, 0.29) is 18.4 Å². The third-order valence-corrected chi connectivity index (χ3v) is 2.90. The molecule has 17 heavy (non-hydrogen) atoms. The number of thiophene rings is 1. The van der Waals surface area contributed by atoms with Crippen LogP contribution >= 0.6 is 11.3 Å². The third kappa shape index (κ3) is 5.91. The second kappa shape index (κ2) is 6.90. The SMILES string of the molecule is CC(CNC(=O)NCc1ccsc1)CC(=O)O. The number of nitrogens with one attached hydrogen (secondary N) is 2. The van der Waals surface area contributed by atoms with Gasteiger partial charge in [-0.3, -0.25) is 4.79 Å². The molecule has 0 saturated carbocycles. The van der Waals surface area contributed by atoms with Crippen LogP contribution < -0.4 is 10.6 Å². The summed E-state index contributed by atoms with van der Waals surface area (Å²) in [5, 5.41) is 17.8. The third-order valence-electron chi connectivity index (χ3n) is 2.17. The summed E-state index contributed by atoms with van der Waals surface area (Å²) in [7, 11) is 0. The van der Waals surface area contributed by atoms with Crippen molar-refractivity contribution in [1.29, 1.82) is 0 Å². The fourth-order valence-electron chi connectivity index (χ4n) is 1.28. The summed E-state index contributed by atoms with van der Waals surface area (Å²) in [5.74, 6) is -0.919. The van der Waals surface area contributed by atoms with E-state index in [4.69, 9.17) is 5.11 Å². The molecule has 0 aliphatic rings. The maximum Gasteiger partial charge on any atom is 0.315 e. The van der Waals surface area contributed by atoms with Crippen LogP contribution in [0.25, 0.3) is 0 Å². The lowest BCUT2D eigenvalue weighted by Crippen LogP contribution is -2.37. The molecule has 94 valence electrons. The zero-order valence-electron chi connectivity index (χ0n) is 9.60. The van der Waals surface area contributed by atoms with Crippen molar-refractivity contribution in [2.45, 2.75) is 19.9 Å². The summed E-state index contributed by atoms with van der Waals surface area (Å²) < 4.78 is 0. The molecule has 1 aromatic heterocycles. The van der Waals surface area contributed by atoms with Gasteiger partial charge in [0.1, 0.15) is 0 Å². The van der Waals surface area contributed by atoms with Gasteiger partial charge in [-0.15, -0.1) is 0 Å². The normalized spacial score (nSPS) is 11.8. The molecule has 0 spiro atoms. The number of hydrogen-bond acceptors (Lipinski definition) is 3. The Hall–Kier alpha value is -1.56. The Morgan fingerprint density at radius 3 is 2.82 bits per heavy atom. The molecule has 5 nitrogen and oxygen atoms in total. The zero-order valence-corrected chi connectivity index (χ0v) is 10.4. The Morgan fingerprint density at radius 2 is 2.24 bits per heavy atom. The van der Waals surface area contributed by atoms with Crippen LogP contribution in [-0.4, -0.2) is 23.7 Å². The van der Waals surface area contributed by atoms with E-state index in [1.165, 1.54) is 0 Å². The fraction of sp³-hybridized carbons (Fsp3) is 0.455. The molecule has 0 radical (unpaired) electrons. The second-order valence-corrected chi connectivity index (χ2v) is 4.68. The summed E-state index contributed by atoms with van der Waals surface area (Å²) in [4.78, 5) is 21.8. The Labute approximate surface area is 104 Å². The Kier molecular flexibility index (Phi) is 5.48. The average Bonchev–Trinajstić information content (AvgIpc) is 2.75. The molecule has 1 heterocycles. The van der Waals surface area contributed by atoms with Crippen LogP contribution in [0.2, 0.25) is 0 Å². The smallest absolute Gasteiger partial charge is 0.315 e. The quantitative estimate of drug-likeness (QED) is 0.724. The minimum Gasteiger partial charge on any atom is -0.481 e. The molecule has 0 aromatic carbocycles. The van der Waals surface area contributed by atoms with Gasteiger partial charge in [0, 0.05) is 19.5 Å². The Morgan fingerprint density at radius 1 is 1.47 bits per heavy atom. The van der Waals surface area contributed by atoms with Gasteiger partial charge in [0.25, 0.3) is 0 Å². The van der Waals surface area contributed by atoms with Crippen LogP contribution in [0.5, 0.6) is 0 Å². The van der Waals surface area contributed by atoms with Crippen LogP contribution in [0.15, 0.2) is 16.8 Å². The van der Waals surface area contributed by atoms with E-state index >= 15 is 0 Å². The van der Waals surface area contributed by atoms with Crippen molar-refractivity contribution < 1.29 is 14.7 Å². The van der Waals surface area contributed by atoms with E-state index in [1.807, 2.05) is 16.8 Å². The molecule has 6 heteroatoms. The van der Waals surface area contributed by atoms with E-state index in [0.29, 0.717) is 13.1 Å². The molecule has 0 aliphatic carbocycles. The molecule has 0 aliphatic heterocycles. The van der Waals surface area contributed by atoms with Gasteiger partial charge >= 0.3 is 12.0 Å². The number of carbonyl (C=O) groups excluding carboxylic acids is 1. The maximum absolute atomic E-state index is 11.4. The van der Waals surface area contributed by atoms with Gasteiger partial charge in [0.2, 0.25) is 0 Å². The first-order valence-electron chi connectivity index (χ1n) is 5.32. The molecular formula is C11H16N2O3S. The van der Waals surface area contributed by atoms with Crippen LogP contribution in [-0.2, 0) is 11.3 Å². The van der Waals surface area contributed by atoms with Crippen molar-refractivity contribution in [2.75, 3.05) is 6.54 Å². The summed E-state index contributed by atoms with van der Waals surface area (Å²) in [5.41, 5.74) is 1.06. The van der Waals surface area contributed by atoms with Crippen molar-refractivity contribution >= 4 is 23.3 Å². The highest BCUT2D eigenvalue weighted by Crippen LogP contribution is 2.04. The standard InChI is InChI=1S/C11H16N2O3S/c1-8(4-10(14)15)5-12-11(16)13-6-9-2-3-17-7-9/h2-3,7-8H,4-6H2,1H3,(H,14,15)(H2,12,13,16). The van der Waals surface area contributed by atoms with Gasteiger partial charge in [0.15, 0.2) is 0 Å². The molecule has 1 aromatic rings. The van der Waals surface area contributed by atoms with Crippen LogP contribution in [0, 0.1) is 5.92 Å². The summed E-state index contributed by atoms with van der Waals surface area (Å²) >= 11 is 1.58. The summed E-state index contributed by atoms with van der Waals surface area (Å²) in [6, 6.07) is 1.67. The predicted molar refractivity (Wildman–Crippen MR) is 66.0 cm³/mol. The summed E-state index contributed by atoms with van der Waals surface area (Å²) in [6.45, 7) is 2.64. The van der Waals surface area contributed by atoms with E-state index in [1.54, 1.807) is 18.3 Å². The highest BCUT2D eigenvalue weighted by Gasteiger charge is 2.08. The molecule has 0 bridgehead atoms. The van der Waals surface area contributed by atoms with E-state index < -0.39 is 5.97 Å². The van der Waals surface area contributed by atoms with Crippen molar-refractivity contribution in [1.82, 2.24) is 10.6 Å². The molecule has 2 amide bonds. The largest absolute Gasteiger partial charge is 0.481 e. The molecule has 1 unspecified atom stereocenters. The van der Waals surface area contributed by atoms with Gasteiger partial charge in [-0.2, -0.15) is 11.3 Å². The average molecular weight is 256 g/mol. The highest BCUT2D eigenvalue weighted by atomic mass is 32.1. The predicted octanol–water partition coefficient (Wildman–Crippen LogP) is 1.66. The first-order valence-corrected chi connectivity index (χ1v) is 6.26. The first kappa shape index (κ1) is 13.5. The Balaban J connectivity index is 2.15. The summed E-state index contributed by atoms with van der Waals surface area (Å²) in [6.07, 6.45) is 0.0603. The fourth-order valence-corrected chi connectivity index (χ4v) is 1.94. The van der Waals surface area contributed by atoms with Crippen LogP contribution in [0.1, 0.15) is 18.9 Å². The lowest BCUT2D eigenvalue weighted by molar-refractivity contribution is -0.137. The van der Waals surface area contributed by atoms with Gasteiger partial charge in [-0.05, 0) is 28.3 Å². The van der Waals surface area contributed by atoms with Crippen molar-refractivity contribution in [3.63, 3.8) is 0 Å². The van der Waals surface area contributed by atoms with Gasteiger partial charge in [-0.25, -0.2) is 4.79 Å². The number of amides is 2. The number of urea groups is 1. The first-order chi connectivity index (χ1) is 8.08. The lowest BCUT2D eigenvalue weighted by atomic mass is 10.1. The molecule has 0 saturated heterocycles. The number of aliphatic carboxylic acids is 1. The van der Waals surface area contributed by atoms with Crippen LogP contribution in [0.3, 0.4) is 0 Å². The van der Waals surface area contributed by atoms with E-state index in [9.17, 15) is 9.59 Å². The number of hydrogen-bond donors (Lipinski definition) is 3. The second-order valence-electron chi connectivity index (χ2n) is 3.90. The number of rotatable bonds is 6. The van der Waals surface area contributed by atoms with Crippen LogP contribution in [0.4, 0.5) is 4.79 Å². The molecule has 1 rings (SSSR count). The van der Waals surface area contributed by atoms with E-state index in [2.05, 4.69) is 10.6 Å². The van der Waals surface area contributed by atoms with Crippen molar-refractivity contribution in [3.05, 3.63) is 22.4 Å². The molecular weight excluding hydrogens is 240 g/mol. The zero-order chi connectivity index (χ0) is 12.7. The lowest BCUT2D eigenvalue weighted by Gasteiger charge is -2.11. The topological polar surface area (TPSA) is 78.4 Å². The van der Waals surface area contributed by atoms with E-state index in [0.717, 1.165) is 5.56 Å². The highest BCUT2D eigenvalue weighted by molar-refractivity contribution is 7.07. The van der Waals surface area contributed by atoms with Gasteiger partial charge in [-0.1, -0.05) is 6.92 Å². The maximum atomic E-state index is 11.4. The van der Waals surface area contributed by atoms with Crippen molar-refractivity contribution in [3.8, 4) is 0 Å². The number of carboxylic acids is 1. The molecule has 0 fully saturated rings. The monoisotopic (exact) mass is 256 g/mol. The minimum absolute atomic E-state index is 0.0603. The minimum atomic E-state index is -0.849. The molecule has 3 N–H and O–H groups in total. The van der Waals surface area contributed by atoms with Gasteiger partial charge in [0.05, 0.1) is 0 Å².